The molecule has 1 rings (SSSR count). The molecule has 0 aliphatic rings. The van der Waals surface area contributed by atoms with Gasteiger partial charge in [-0.1, -0.05) is 0 Å². The van der Waals surface area contributed by atoms with Gasteiger partial charge in [-0.3, -0.25) is 0 Å². The zero-order chi connectivity index (χ0) is 12.3. The van der Waals surface area contributed by atoms with Gasteiger partial charge in [-0.25, -0.2) is 8.42 Å². The van der Waals surface area contributed by atoms with E-state index >= 15 is 0 Å². The van der Waals surface area contributed by atoms with Crippen molar-refractivity contribution in [3.8, 4) is 5.75 Å². The van der Waals surface area contributed by atoms with Crippen molar-refractivity contribution in [3.63, 3.8) is 0 Å². The first kappa shape index (κ1) is 13.0. The first-order valence-electron chi connectivity index (χ1n) is 5.00. The Bertz CT molecular complexity index is 480. The molecule has 0 aliphatic carbocycles. The second-order valence-electron chi connectivity index (χ2n) is 3.69. The molecule has 0 amide bonds. The van der Waals surface area contributed by atoms with Crippen LogP contribution in [0.5, 0.6) is 5.75 Å². The van der Waals surface area contributed by atoms with Gasteiger partial charge in [-0.2, -0.15) is 0 Å². The minimum atomic E-state index is -3.34. The summed E-state index contributed by atoms with van der Waals surface area (Å²) in [6, 6.07) is 3.37. The lowest BCUT2D eigenvalue weighted by Gasteiger charge is -2.11. The number of hydrogen-bond acceptors (Lipinski definition) is 4. The molecular weight excluding hydrogens is 226 g/mol. The van der Waals surface area contributed by atoms with Crippen molar-refractivity contribution in [2.24, 2.45) is 5.73 Å². The summed E-state index contributed by atoms with van der Waals surface area (Å²) in [5.74, 6) is 0.322. The van der Waals surface area contributed by atoms with Crippen LogP contribution in [0.4, 0.5) is 0 Å². The highest BCUT2D eigenvalue weighted by atomic mass is 32.2. The summed E-state index contributed by atoms with van der Waals surface area (Å²) in [6.07, 6.45) is 0. The predicted octanol–water partition coefficient (Wildman–Crippen LogP) is 1.04. The van der Waals surface area contributed by atoms with Gasteiger partial charge in [0.1, 0.15) is 10.6 Å². The predicted molar refractivity (Wildman–Crippen MR) is 63.6 cm³/mol. The van der Waals surface area contributed by atoms with Gasteiger partial charge in [-0.15, -0.1) is 0 Å². The van der Waals surface area contributed by atoms with Crippen LogP contribution in [0.25, 0.3) is 0 Å². The zero-order valence-corrected chi connectivity index (χ0v) is 10.6. The average Bonchev–Trinajstić information content (AvgIpc) is 2.21. The lowest BCUT2D eigenvalue weighted by Crippen LogP contribution is -2.16. The van der Waals surface area contributed by atoms with Gasteiger partial charge in [-0.05, 0) is 37.1 Å². The van der Waals surface area contributed by atoms with Gasteiger partial charge < -0.3 is 10.5 Å². The normalized spacial score (nSPS) is 11.5. The Morgan fingerprint density at radius 3 is 2.31 bits per heavy atom. The Labute approximate surface area is 96.3 Å². The summed E-state index contributed by atoms with van der Waals surface area (Å²) in [5, 5.41) is 0. The molecule has 16 heavy (non-hydrogen) atoms. The number of rotatable bonds is 4. The highest BCUT2D eigenvalue weighted by molar-refractivity contribution is 7.91. The van der Waals surface area contributed by atoms with Crippen molar-refractivity contribution in [2.75, 3.05) is 19.4 Å². The van der Waals surface area contributed by atoms with E-state index in [2.05, 4.69) is 0 Å². The van der Waals surface area contributed by atoms with Gasteiger partial charge in [0, 0.05) is 6.54 Å². The van der Waals surface area contributed by atoms with E-state index in [1.165, 1.54) is 7.11 Å². The lowest BCUT2D eigenvalue weighted by molar-refractivity contribution is 0.402. The topological polar surface area (TPSA) is 69.4 Å². The molecule has 2 N–H and O–H groups in total. The third-order valence-corrected chi connectivity index (χ3v) is 4.26. The molecule has 1 aromatic rings. The molecule has 0 fully saturated rings. The molecule has 4 nitrogen and oxygen atoms in total. The Morgan fingerprint density at radius 1 is 1.25 bits per heavy atom. The number of sulfone groups is 1. The molecule has 0 aromatic heterocycles. The van der Waals surface area contributed by atoms with Crippen LogP contribution in [0.3, 0.4) is 0 Å². The minimum Gasteiger partial charge on any atom is -0.495 e. The minimum absolute atomic E-state index is 0.0636. The Morgan fingerprint density at radius 2 is 1.81 bits per heavy atom. The molecular formula is C11H17NO3S. The summed E-state index contributed by atoms with van der Waals surface area (Å²) in [7, 11) is -1.88. The molecule has 0 radical (unpaired) electrons. The number of ether oxygens (including phenoxy) is 1. The first-order chi connectivity index (χ1) is 7.42. The quantitative estimate of drug-likeness (QED) is 0.858. The lowest BCUT2D eigenvalue weighted by atomic mass is 10.1. The molecule has 0 saturated heterocycles. The van der Waals surface area contributed by atoms with Crippen LogP contribution >= 0.6 is 0 Å². The number of methoxy groups -OCH3 is 1. The number of aryl methyl sites for hydroxylation is 2. The summed E-state index contributed by atoms with van der Waals surface area (Å²) in [6.45, 7) is 3.89. The first-order valence-corrected chi connectivity index (χ1v) is 6.65. The van der Waals surface area contributed by atoms with E-state index < -0.39 is 9.84 Å². The molecule has 0 bridgehead atoms. The van der Waals surface area contributed by atoms with Crippen LogP contribution in [-0.2, 0) is 9.84 Å². The van der Waals surface area contributed by atoms with Crippen molar-refractivity contribution in [1.82, 2.24) is 0 Å². The van der Waals surface area contributed by atoms with Crippen LogP contribution in [0, 0.1) is 13.8 Å². The third-order valence-electron chi connectivity index (χ3n) is 2.50. The van der Waals surface area contributed by atoms with Crippen LogP contribution in [0.2, 0.25) is 0 Å². The standard InChI is InChI=1S/C11H17NO3S/c1-8-6-10(15-3)11(7-9(8)2)16(13,14)5-4-12/h6-7H,4-5,12H2,1-3H3. The highest BCUT2D eigenvalue weighted by Gasteiger charge is 2.19. The second kappa shape index (κ2) is 4.84. The third kappa shape index (κ3) is 2.54. The molecule has 1 aromatic carbocycles. The van der Waals surface area contributed by atoms with E-state index in [4.69, 9.17) is 10.5 Å². The summed E-state index contributed by atoms with van der Waals surface area (Å²) in [5.41, 5.74) is 7.22. The molecule has 0 spiro atoms. The molecule has 0 aliphatic heterocycles. The van der Waals surface area contributed by atoms with Crippen molar-refractivity contribution in [2.45, 2.75) is 18.7 Å². The van der Waals surface area contributed by atoms with E-state index in [0.717, 1.165) is 11.1 Å². The van der Waals surface area contributed by atoms with Crippen molar-refractivity contribution >= 4 is 9.84 Å². The second-order valence-corrected chi connectivity index (χ2v) is 5.77. The maximum Gasteiger partial charge on any atom is 0.183 e. The smallest absolute Gasteiger partial charge is 0.183 e. The maximum absolute atomic E-state index is 11.9. The van der Waals surface area contributed by atoms with Gasteiger partial charge in [0.05, 0.1) is 12.9 Å². The average molecular weight is 243 g/mol. The Balaban J connectivity index is 3.38. The van der Waals surface area contributed by atoms with Gasteiger partial charge >= 0.3 is 0 Å². The number of nitrogens with two attached hydrogens (primary N) is 1. The molecule has 0 saturated carbocycles. The Kier molecular flexibility index (Phi) is 3.93. The molecule has 0 unspecified atom stereocenters. The van der Waals surface area contributed by atoms with Gasteiger partial charge in [0.25, 0.3) is 0 Å². The van der Waals surface area contributed by atoms with Gasteiger partial charge in [0.15, 0.2) is 9.84 Å². The molecule has 0 heterocycles. The summed E-state index contributed by atoms with van der Waals surface area (Å²) >= 11 is 0. The fourth-order valence-electron chi connectivity index (χ4n) is 1.43. The van der Waals surface area contributed by atoms with Crippen molar-refractivity contribution in [3.05, 3.63) is 23.3 Å². The summed E-state index contributed by atoms with van der Waals surface area (Å²) in [4.78, 5) is 0.226. The Hall–Kier alpha value is -1.07. The molecule has 90 valence electrons. The SMILES string of the molecule is COc1cc(C)c(C)cc1S(=O)(=O)CCN. The van der Waals surface area contributed by atoms with Crippen LogP contribution < -0.4 is 10.5 Å². The number of benzene rings is 1. The zero-order valence-electron chi connectivity index (χ0n) is 9.78. The van der Waals surface area contributed by atoms with E-state index in [-0.39, 0.29) is 17.2 Å². The van der Waals surface area contributed by atoms with Crippen molar-refractivity contribution < 1.29 is 13.2 Å². The highest BCUT2D eigenvalue weighted by Crippen LogP contribution is 2.27. The monoisotopic (exact) mass is 243 g/mol. The number of hydrogen-bond donors (Lipinski definition) is 1. The van der Waals surface area contributed by atoms with Crippen LogP contribution in [0.1, 0.15) is 11.1 Å². The largest absolute Gasteiger partial charge is 0.495 e. The van der Waals surface area contributed by atoms with E-state index in [1.54, 1.807) is 12.1 Å². The van der Waals surface area contributed by atoms with Crippen LogP contribution in [-0.4, -0.2) is 27.8 Å². The van der Waals surface area contributed by atoms with Crippen LogP contribution in [0.15, 0.2) is 17.0 Å². The van der Waals surface area contributed by atoms with Crippen molar-refractivity contribution in [1.29, 1.82) is 0 Å². The van der Waals surface area contributed by atoms with E-state index in [1.807, 2.05) is 13.8 Å². The molecule has 5 heteroatoms. The van der Waals surface area contributed by atoms with E-state index in [0.29, 0.717) is 5.75 Å². The molecule has 0 atom stereocenters. The van der Waals surface area contributed by atoms with Gasteiger partial charge in [0.2, 0.25) is 0 Å². The fraction of sp³-hybridized carbons (Fsp3) is 0.455. The maximum atomic E-state index is 11.9. The fourth-order valence-corrected chi connectivity index (χ4v) is 2.77. The van der Waals surface area contributed by atoms with E-state index in [9.17, 15) is 8.42 Å². The summed E-state index contributed by atoms with van der Waals surface area (Å²) < 4.78 is 28.9.